The minimum atomic E-state index is 0.821. The lowest BCUT2D eigenvalue weighted by Crippen LogP contribution is -2.11. The van der Waals surface area contributed by atoms with Crippen LogP contribution in [-0.4, -0.2) is 26.1 Å². The van der Waals surface area contributed by atoms with Gasteiger partial charge in [0.2, 0.25) is 0 Å². The van der Waals surface area contributed by atoms with Crippen LogP contribution in [0.3, 0.4) is 0 Å². The number of hydrogen-bond acceptors (Lipinski definition) is 3. The zero-order chi connectivity index (χ0) is 10.7. The second-order valence-electron chi connectivity index (χ2n) is 3.43. The summed E-state index contributed by atoms with van der Waals surface area (Å²) in [6, 6.07) is 0. The Hall–Kier alpha value is -1.62. The van der Waals surface area contributed by atoms with Gasteiger partial charge in [0.25, 0.3) is 0 Å². The molecule has 0 amide bonds. The van der Waals surface area contributed by atoms with Gasteiger partial charge in [0.05, 0.1) is 18.7 Å². The van der Waals surface area contributed by atoms with Crippen molar-refractivity contribution in [3.63, 3.8) is 0 Å². The predicted molar refractivity (Wildman–Crippen MR) is 58.2 cm³/mol. The van der Waals surface area contributed by atoms with Crippen molar-refractivity contribution in [2.45, 2.75) is 13.5 Å². The number of H-pyrrole nitrogens is 1. The van der Waals surface area contributed by atoms with Gasteiger partial charge >= 0.3 is 0 Å². The highest BCUT2D eigenvalue weighted by Gasteiger charge is 2.06. The first-order valence-corrected chi connectivity index (χ1v) is 5.02. The van der Waals surface area contributed by atoms with Gasteiger partial charge in [-0.15, -0.1) is 0 Å². The van der Waals surface area contributed by atoms with Crippen LogP contribution in [0.25, 0.3) is 11.5 Å². The van der Waals surface area contributed by atoms with Crippen LogP contribution in [0, 0.1) is 0 Å². The maximum Gasteiger partial charge on any atom is 0.155 e. The van der Waals surface area contributed by atoms with Gasteiger partial charge in [-0.1, -0.05) is 6.92 Å². The number of rotatable bonds is 4. The average molecular weight is 205 g/mol. The van der Waals surface area contributed by atoms with Gasteiger partial charge in [-0.05, 0) is 6.54 Å². The monoisotopic (exact) mass is 205 g/mol. The van der Waals surface area contributed by atoms with Crippen LogP contribution in [0.1, 0.15) is 12.6 Å². The SMILES string of the molecule is CCNCc1cnc(-c2cncn2C)[nH]1. The largest absolute Gasteiger partial charge is 0.339 e. The molecule has 0 bridgehead atoms. The van der Waals surface area contributed by atoms with Gasteiger partial charge in [-0.3, -0.25) is 0 Å². The van der Waals surface area contributed by atoms with Crippen molar-refractivity contribution < 1.29 is 0 Å². The molecule has 0 saturated heterocycles. The summed E-state index contributed by atoms with van der Waals surface area (Å²) in [5.74, 6) is 0.864. The molecule has 5 heteroatoms. The molecule has 80 valence electrons. The summed E-state index contributed by atoms with van der Waals surface area (Å²) in [6.07, 6.45) is 5.42. The fourth-order valence-electron chi connectivity index (χ4n) is 1.42. The number of nitrogens with zero attached hydrogens (tertiary/aromatic N) is 3. The summed E-state index contributed by atoms with van der Waals surface area (Å²) in [6.45, 7) is 3.86. The maximum atomic E-state index is 4.32. The third-order valence-corrected chi connectivity index (χ3v) is 2.25. The van der Waals surface area contributed by atoms with Crippen molar-refractivity contribution in [2.75, 3.05) is 6.54 Å². The van der Waals surface area contributed by atoms with Gasteiger partial charge in [0.15, 0.2) is 5.82 Å². The number of imidazole rings is 2. The molecule has 0 aliphatic carbocycles. The molecule has 0 aromatic carbocycles. The number of nitrogens with one attached hydrogen (secondary N) is 2. The third-order valence-electron chi connectivity index (χ3n) is 2.25. The van der Waals surface area contributed by atoms with Crippen molar-refractivity contribution in [1.29, 1.82) is 0 Å². The van der Waals surface area contributed by atoms with Crippen molar-refractivity contribution in [2.24, 2.45) is 7.05 Å². The lowest BCUT2D eigenvalue weighted by Gasteiger charge is -1.98. The third kappa shape index (κ3) is 2.07. The molecule has 0 radical (unpaired) electrons. The van der Waals surface area contributed by atoms with E-state index in [0.29, 0.717) is 0 Å². The topological polar surface area (TPSA) is 58.5 Å². The predicted octanol–water partition coefficient (Wildman–Crippen LogP) is 0.920. The van der Waals surface area contributed by atoms with Crippen molar-refractivity contribution in [3.05, 3.63) is 24.4 Å². The Morgan fingerprint density at radius 1 is 1.47 bits per heavy atom. The van der Waals surface area contributed by atoms with E-state index >= 15 is 0 Å². The van der Waals surface area contributed by atoms with E-state index in [0.717, 1.165) is 30.3 Å². The summed E-state index contributed by atoms with van der Waals surface area (Å²) < 4.78 is 1.94. The molecule has 0 saturated carbocycles. The molecular formula is C10H15N5. The van der Waals surface area contributed by atoms with Crippen LogP contribution in [0.5, 0.6) is 0 Å². The second kappa shape index (κ2) is 4.27. The lowest BCUT2D eigenvalue weighted by molar-refractivity contribution is 0.714. The van der Waals surface area contributed by atoms with Crippen LogP contribution in [-0.2, 0) is 13.6 Å². The fraction of sp³-hybridized carbons (Fsp3) is 0.400. The Kier molecular flexibility index (Phi) is 2.82. The lowest BCUT2D eigenvalue weighted by atomic mass is 10.4. The molecular weight excluding hydrogens is 190 g/mol. The zero-order valence-corrected chi connectivity index (χ0v) is 8.99. The van der Waals surface area contributed by atoms with E-state index in [4.69, 9.17) is 0 Å². The number of aromatic amines is 1. The van der Waals surface area contributed by atoms with Crippen LogP contribution >= 0.6 is 0 Å². The van der Waals surface area contributed by atoms with Crippen LogP contribution in [0.2, 0.25) is 0 Å². The van der Waals surface area contributed by atoms with Crippen molar-refractivity contribution in [1.82, 2.24) is 24.8 Å². The van der Waals surface area contributed by atoms with Crippen LogP contribution in [0.15, 0.2) is 18.7 Å². The highest BCUT2D eigenvalue weighted by Crippen LogP contribution is 2.13. The highest BCUT2D eigenvalue weighted by molar-refractivity contribution is 5.48. The maximum absolute atomic E-state index is 4.32. The first-order valence-electron chi connectivity index (χ1n) is 5.02. The van der Waals surface area contributed by atoms with Gasteiger partial charge in [0, 0.05) is 19.3 Å². The molecule has 0 unspecified atom stereocenters. The van der Waals surface area contributed by atoms with E-state index < -0.39 is 0 Å². The van der Waals surface area contributed by atoms with Gasteiger partial charge in [-0.25, -0.2) is 9.97 Å². The molecule has 0 atom stereocenters. The molecule has 2 rings (SSSR count). The smallest absolute Gasteiger partial charge is 0.155 e. The van der Waals surface area contributed by atoms with Crippen LogP contribution in [0.4, 0.5) is 0 Å². The van der Waals surface area contributed by atoms with Gasteiger partial charge < -0.3 is 14.9 Å². The number of aryl methyl sites for hydroxylation is 1. The summed E-state index contributed by atoms with van der Waals surface area (Å²) in [5.41, 5.74) is 2.09. The van der Waals surface area contributed by atoms with Gasteiger partial charge in [0.1, 0.15) is 5.69 Å². The summed E-state index contributed by atoms with van der Waals surface area (Å²) in [7, 11) is 1.95. The number of aromatic nitrogens is 4. The molecule has 0 aliphatic heterocycles. The van der Waals surface area contributed by atoms with E-state index in [-0.39, 0.29) is 0 Å². The zero-order valence-electron chi connectivity index (χ0n) is 8.99. The summed E-state index contributed by atoms with van der Waals surface area (Å²) in [4.78, 5) is 11.6. The Bertz CT molecular complexity index is 428. The normalized spacial score (nSPS) is 10.8. The highest BCUT2D eigenvalue weighted by atomic mass is 15.1. The van der Waals surface area contributed by atoms with E-state index in [2.05, 4.69) is 27.2 Å². The minimum Gasteiger partial charge on any atom is -0.339 e. The molecule has 5 nitrogen and oxygen atoms in total. The van der Waals surface area contributed by atoms with Crippen molar-refractivity contribution in [3.8, 4) is 11.5 Å². The van der Waals surface area contributed by atoms with E-state index in [9.17, 15) is 0 Å². The Labute approximate surface area is 88.6 Å². The Morgan fingerprint density at radius 3 is 3.00 bits per heavy atom. The first-order chi connectivity index (χ1) is 7.31. The Morgan fingerprint density at radius 2 is 2.33 bits per heavy atom. The summed E-state index contributed by atoms with van der Waals surface area (Å²) >= 11 is 0. The Balaban J connectivity index is 2.17. The average Bonchev–Trinajstić information content (AvgIpc) is 2.83. The standard InChI is InChI=1S/C10H15N5/c1-3-11-4-8-5-13-10(14-8)9-6-12-7-15(9)2/h5-7,11H,3-4H2,1-2H3,(H,13,14). The molecule has 2 heterocycles. The second-order valence-corrected chi connectivity index (χ2v) is 3.43. The first kappa shape index (κ1) is 9.92. The van der Waals surface area contributed by atoms with Crippen molar-refractivity contribution >= 4 is 0 Å². The van der Waals surface area contributed by atoms with E-state index in [1.165, 1.54) is 0 Å². The van der Waals surface area contributed by atoms with Gasteiger partial charge in [-0.2, -0.15) is 0 Å². The molecule has 2 N–H and O–H groups in total. The molecule has 2 aromatic rings. The van der Waals surface area contributed by atoms with E-state index in [1.807, 2.05) is 17.8 Å². The quantitative estimate of drug-likeness (QED) is 0.780. The molecule has 2 aromatic heterocycles. The van der Waals surface area contributed by atoms with Crippen LogP contribution < -0.4 is 5.32 Å². The molecule has 0 fully saturated rings. The number of hydrogen-bond donors (Lipinski definition) is 2. The summed E-state index contributed by atoms with van der Waals surface area (Å²) in [5, 5.41) is 3.24. The minimum absolute atomic E-state index is 0.821. The van der Waals surface area contributed by atoms with E-state index in [1.54, 1.807) is 12.5 Å². The molecule has 0 spiro atoms. The fourth-order valence-corrected chi connectivity index (χ4v) is 1.42. The molecule has 15 heavy (non-hydrogen) atoms. The molecule has 0 aliphatic rings.